The molecular formula is C18H20ClFN4O2. The molecule has 138 valence electrons. The fourth-order valence-corrected chi connectivity index (χ4v) is 2.91. The standard InChI is InChI=1S/C18H19FN4O2.ClH/c1-20-17(24)15-6-5-13(10-22-15)18(25)23-8-7-21-11-16(23)12-3-2-4-14(19)9-12;/h2-6,9-10,16,21H,7-8,11H2,1H3,(H,20,24);1H. The van der Waals surface area contributed by atoms with Crippen molar-refractivity contribution in [2.75, 3.05) is 26.7 Å². The van der Waals surface area contributed by atoms with Crippen LogP contribution in [0.4, 0.5) is 4.39 Å². The Balaban J connectivity index is 0.00000243. The van der Waals surface area contributed by atoms with Crippen molar-refractivity contribution in [2.24, 2.45) is 0 Å². The van der Waals surface area contributed by atoms with E-state index in [0.29, 0.717) is 25.2 Å². The molecule has 2 heterocycles. The van der Waals surface area contributed by atoms with E-state index in [0.717, 1.165) is 5.56 Å². The number of rotatable bonds is 3. The Morgan fingerprint density at radius 1 is 1.31 bits per heavy atom. The van der Waals surface area contributed by atoms with Crippen molar-refractivity contribution in [3.8, 4) is 0 Å². The van der Waals surface area contributed by atoms with E-state index in [9.17, 15) is 14.0 Å². The van der Waals surface area contributed by atoms with Gasteiger partial charge >= 0.3 is 0 Å². The molecule has 2 aromatic rings. The van der Waals surface area contributed by atoms with E-state index in [2.05, 4.69) is 15.6 Å². The Hall–Kier alpha value is -2.51. The number of piperazine rings is 1. The maximum absolute atomic E-state index is 13.6. The van der Waals surface area contributed by atoms with Crippen LogP contribution < -0.4 is 10.6 Å². The summed E-state index contributed by atoms with van der Waals surface area (Å²) in [5, 5.41) is 5.72. The lowest BCUT2D eigenvalue weighted by Crippen LogP contribution is -2.48. The van der Waals surface area contributed by atoms with Crippen molar-refractivity contribution >= 4 is 24.2 Å². The van der Waals surface area contributed by atoms with Crippen LogP contribution in [0.15, 0.2) is 42.6 Å². The highest BCUT2D eigenvalue weighted by molar-refractivity contribution is 5.96. The second-order valence-electron chi connectivity index (χ2n) is 5.78. The minimum absolute atomic E-state index is 0. The van der Waals surface area contributed by atoms with E-state index in [1.165, 1.54) is 31.4 Å². The number of amides is 2. The highest BCUT2D eigenvalue weighted by Gasteiger charge is 2.29. The molecule has 1 aromatic heterocycles. The van der Waals surface area contributed by atoms with Gasteiger partial charge < -0.3 is 15.5 Å². The Labute approximate surface area is 157 Å². The minimum Gasteiger partial charge on any atom is -0.354 e. The first-order chi connectivity index (χ1) is 12.1. The fraction of sp³-hybridized carbons (Fsp3) is 0.278. The number of halogens is 2. The molecular weight excluding hydrogens is 359 g/mol. The molecule has 2 amide bonds. The number of carbonyl (C=O) groups is 2. The Morgan fingerprint density at radius 2 is 2.12 bits per heavy atom. The zero-order valence-corrected chi connectivity index (χ0v) is 15.1. The number of hydrogen-bond acceptors (Lipinski definition) is 4. The van der Waals surface area contributed by atoms with Gasteiger partial charge in [0.1, 0.15) is 11.5 Å². The van der Waals surface area contributed by atoms with Gasteiger partial charge in [-0.15, -0.1) is 12.4 Å². The molecule has 1 saturated heterocycles. The van der Waals surface area contributed by atoms with E-state index in [-0.39, 0.29) is 41.8 Å². The lowest BCUT2D eigenvalue weighted by Gasteiger charge is -2.36. The molecule has 3 rings (SSSR count). The predicted molar refractivity (Wildman–Crippen MR) is 97.9 cm³/mol. The maximum Gasteiger partial charge on any atom is 0.269 e. The molecule has 26 heavy (non-hydrogen) atoms. The lowest BCUT2D eigenvalue weighted by atomic mass is 10.0. The van der Waals surface area contributed by atoms with Crippen LogP contribution in [0, 0.1) is 5.82 Å². The van der Waals surface area contributed by atoms with Crippen LogP contribution in [-0.4, -0.2) is 48.4 Å². The van der Waals surface area contributed by atoms with Crippen molar-refractivity contribution in [1.29, 1.82) is 0 Å². The minimum atomic E-state index is -0.327. The first-order valence-corrected chi connectivity index (χ1v) is 8.05. The average molecular weight is 379 g/mol. The third-order valence-corrected chi connectivity index (χ3v) is 4.21. The molecule has 2 N–H and O–H groups in total. The predicted octanol–water partition coefficient (Wildman–Crippen LogP) is 1.79. The molecule has 1 atom stereocenters. The second kappa shape index (κ2) is 8.73. The second-order valence-corrected chi connectivity index (χ2v) is 5.78. The summed E-state index contributed by atoms with van der Waals surface area (Å²) in [6.45, 7) is 1.73. The summed E-state index contributed by atoms with van der Waals surface area (Å²) in [6, 6.07) is 9.14. The van der Waals surface area contributed by atoms with E-state index in [1.54, 1.807) is 17.0 Å². The lowest BCUT2D eigenvalue weighted by molar-refractivity contribution is 0.0633. The molecule has 1 fully saturated rings. The monoisotopic (exact) mass is 378 g/mol. The molecule has 0 radical (unpaired) electrons. The highest BCUT2D eigenvalue weighted by Crippen LogP contribution is 2.24. The molecule has 0 bridgehead atoms. The summed E-state index contributed by atoms with van der Waals surface area (Å²) in [5.41, 5.74) is 1.40. The van der Waals surface area contributed by atoms with Crippen LogP contribution in [0.1, 0.15) is 32.5 Å². The van der Waals surface area contributed by atoms with Crippen molar-refractivity contribution < 1.29 is 14.0 Å². The highest BCUT2D eigenvalue weighted by atomic mass is 35.5. The zero-order valence-electron chi connectivity index (χ0n) is 14.2. The summed E-state index contributed by atoms with van der Waals surface area (Å²) >= 11 is 0. The molecule has 1 aromatic carbocycles. The van der Waals surface area contributed by atoms with Crippen LogP contribution in [0.3, 0.4) is 0 Å². The van der Waals surface area contributed by atoms with Crippen LogP contribution in [0.2, 0.25) is 0 Å². The van der Waals surface area contributed by atoms with Gasteiger partial charge in [0.25, 0.3) is 11.8 Å². The molecule has 1 unspecified atom stereocenters. The topological polar surface area (TPSA) is 74.3 Å². The molecule has 1 aliphatic heterocycles. The fourth-order valence-electron chi connectivity index (χ4n) is 2.91. The molecule has 8 heteroatoms. The van der Waals surface area contributed by atoms with Crippen molar-refractivity contribution in [3.05, 3.63) is 65.2 Å². The van der Waals surface area contributed by atoms with Gasteiger partial charge in [0.15, 0.2) is 0 Å². The third kappa shape index (κ3) is 4.17. The van der Waals surface area contributed by atoms with Crippen molar-refractivity contribution in [1.82, 2.24) is 20.5 Å². The summed E-state index contributed by atoms with van der Waals surface area (Å²) in [7, 11) is 1.52. The summed E-state index contributed by atoms with van der Waals surface area (Å²) in [6.07, 6.45) is 1.40. The first kappa shape index (κ1) is 19.8. The number of aromatic nitrogens is 1. The van der Waals surface area contributed by atoms with Crippen LogP contribution in [-0.2, 0) is 0 Å². The molecule has 1 aliphatic rings. The van der Waals surface area contributed by atoms with Gasteiger partial charge in [-0.05, 0) is 29.8 Å². The number of nitrogens with zero attached hydrogens (tertiary/aromatic N) is 2. The maximum atomic E-state index is 13.6. The molecule has 0 spiro atoms. The number of nitrogens with one attached hydrogen (secondary N) is 2. The van der Waals surface area contributed by atoms with E-state index >= 15 is 0 Å². The smallest absolute Gasteiger partial charge is 0.269 e. The van der Waals surface area contributed by atoms with Crippen LogP contribution in [0.5, 0.6) is 0 Å². The Kier molecular flexibility index (Phi) is 6.65. The number of hydrogen-bond donors (Lipinski definition) is 2. The van der Waals surface area contributed by atoms with Crippen molar-refractivity contribution in [2.45, 2.75) is 6.04 Å². The van der Waals surface area contributed by atoms with Crippen LogP contribution >= 0.6 is 12.4 Å². The van der Waals surface area contributed by atoms with Gasteiger partial charge in [0, 0.05) is 32.9 Å². The molecule has 0 saturated carbocycles. The molecule has 0 aliphatic carbocycles. The summed E-state index contributed by atoms with van der Waals surface area (Å²) in [5.74, 6) is -0.822. The summed E-state index contributed by atoms with van der Waals surface area (Å²) in [4.78, 5) is 30.2. The van der Waals surface area contributed by atoms with Gasteiger partial charge in [0.05, 0.1) is 11.6 Å². The first-order valence-electron chi connectivity index (χ1n) is 8.05. The number of benzene rings is 1. The van der Waals surface area contributed by atoms with Crippen LogP contribution in [0.25, 0.3) is 0 Å². The largest absolute Gasteiger partial charge is 0.354 e. The third-order valence-electron chi connectivity index (χ3n) is 4.21. The van der Waals surface area contributed by atoms with E-state index < -0.39 is 0 Å². The Morgan fingerprint density at radius 3 is 2.77 bits per heavy atom. The Bertz CT molecular complexity index is 785. The van der Waals surface area contributed by atoms with E-state index in [4.69, 9.17) is 0 Å². The van der Waals surface area contributed by atoms with Gasteiger partial charge in [-0.1, -0.05) is 12.1 Å². The van der Waals surface area contributed by atoms with Gasteiger partial charge in [-0.25, -0.2) is 4.39 Å². The van der Waals surface area contributed by atoms with Gasteiger partial charge in [-0.2, -0.15) is 0 Å². The number of carbonyl (C=O) groups excluding carboxylic acids is 2. The quantitative estimate of drug-likeness (QED) is 0.854. The SMILES string of the molecule is CNC(=O)c1ccc(C(=O)N2CCNCC2c2cccc(F)c2)cn1.Cl. The van der Waals surface area contributed by atoms with Gasteiger partial charge in [0.2, 0.25) is 0 Å². The average Bonchev–Trinajstić information content (AvgIpc) is 2.67. The number of pyridine rings is 1. The van der Waals surface area contributed by atoms with E-state index in [1.807, 2.05) is 6.07 Å². The van der Waals surface area contributed by atoms with Gasteiger partial charge in [-0.3, -0.25) is 14.6 Å². The summed E-state index contributed by atoms with van der Waals surface area (Å²) < 4.78 is 13.6. The normalized spacial score (nSPS) is 16.5. The molecule has 6 nitrogen and oxygen atoms in total. The van der Waals surface area contributed by atoms with Crippen molar-refractivity contribution in [3.63, 3.8) is 0 Å². The zero-order chi connectivity index (χ0) is 17.8.